The van der Waals surface area contributed by atoms with Crippen LogP contribution >= 0.6 is 0 Å². The third-order valence-corrected chi connectivity index (χ3v) is 4.25. The Morgan fingerprint density at radius 2 is 2.20 bits per heavy atom. The molecular weight excluding hydrogens is 246 g/mol. The normalized spacial score (nSPS) is 18.4. The highest BCUT2D eigenvalue weighted by atomic mass is 15.3. The fourth-order valence-electron chi connectivity index (χ4n) is 3.10. The number of benzene rings is 1. The second kappa shape index (κ2) is 5.80. The molecule has 3 nitrogen and oxygen atoms in total. The van der Waals surface area contributed by atoms with Crippen molar-refractivity contribution < 1.29 is 0 Å². The summed E-state index contributed by atoms with van der Waals surface area (Å²) in [5.41, 5.74) is 4.33. The number of nitrogens with zero attached hydrogens (tertiary/aromatic N) is 2. The van der Waals surface area contributed by atoms with Gasteiger partial charge in [0, 0.05) is 30.3 Å². The SMILES string of the molecule is CCCNC(c1cnn(CC)c1)C1Cc2ccccc21. The summed E-state index contributed by atoms with van der Waals surface area (Å²) in [4.78, 5) is 0. The first-order valence-corrected chi connectivity index (χ1v) is 7.67. The molecule has 3 heteroatoms. The highest BCUT2D eigenvalue weighted by Gasteiger charge is 2.33. The van der Waals surface area contributed by atoms with Gasteiger partial charge >= 0.3 is 0 Å². The average molecular weight is 269 g/mol. The predicted molar refractivity (Wildman–Crippen MR) is 81.8 cm³/mol. The quantitative estimate of drug-likeness (QED) is 0.872. The van der Waals surface area contributed by atoms with E-state index in [-0.39, 0.29) is 0 Å². The van der Waals surface area contributed by atoms with E-state index in [2.05, 4.69) is 54.7 Å². The van der Waals surface area contributed by atoms with E-state index in [1.807, 2.05) is 10.9 Å². The van der Waals surface area contributed by atoms with Gasteiger partial charge in [0.1, 0.15) is 0 Å². The highest BCUT2D eigenvalue weighted by molar-refractivity contribution is 5.42. The summed E-state index contributed by atoms with van der Waals surface area (Å²) in [6, 6.07) is 9.20. The van der Waals surface area contributed by atoms with E-state index in [9.17, 15) is 0 Å². The third kappa shape index (κ3) is 2.38. The Labute approximate surface area is 121 Å². The Kier molecular flexibility index (Phi) is 3.88. The van der Waals surface area contributed by atoms with Crippen molar-refractivity contribution in [2.75, 3.05) is 6.54 Å². The molecule has 1 aliphatic rings. The Morgan fingerprint density at radius 3 is 2.90 bits per heavy atom. The molecule has 3 rings (SSSR count). The van der Waals surface area contributed by atoms with Gasteiger partial charge in [0.15, 0.2) is 0 Å². The molecule has 0 bridgehead atoms. The maximum atomic E-state index is 4.44. The molecule has 0 spiro atoms. The molecule has 2 atom stereocenters. The highest BCUT2D eigenvalue weighted by Crippen LogP contribution is 2.43. The van der Waals surface area contributed by atoms with Crippen LogP contribution in [-0.4, -0.2) is 16.3 Å². The minimum atomic E-state index is 0.394. The minimum Gasteiger partial charge on any atom is -0.309 e. The number of hydrogen-bond donors (Lipinski definition) is 1. The molecule has 0 saturated heterocycles. The van der Waals surface area contributed by atoms with E-state index in [0.717, 1.165) is 19.5 Å². The topological polar surface area (TPSA) is 29.9 Å². The van der Waals surface area contributed by atoms with Crippen molar-refractivity contribution in [1.29, 1.82) is 0 Å². The zero-order chi connectivity index (χ0) is 13.9. The van der Waals surface area contributed by atoms with Crippen molar-refractivity contribution in [2.24, 2.45) is 0 Å². The summed E-state index contributed by atoms with van der Waals surface area (Å²) in [7, 11) is 0. The van der Waals surface area contributed by atoms with E-state index in [4.69, 9.17) is 0 Å². The van der Waals surface area contributed by atoms with E-state index < -0.39 is 0 Å². The largest absolute Gasteiger partial charge is 0.309 e. The lowest BCUT2D eigenvalue weighted by molar-refractivity contribution is 0.411. The molecule has 0 radical (unpaired) electrons. The lowest BCUT2D eigenvalue weighted by atomic mass is 9.72. The predicted octanol–water partition coefficient (Wildman–Crippen LogP) is 3.28. The zero-order valence-corrected chi connectivity index (χ0v) is 12.3. The van der Waals surface area contributed by atoms with Gasteiger partial charge in [-0.25, -0.2) is 0 Å². The second-order valence-electron chi connectivity index (χ2n) is 5.57. The maximum absolute atomic E-state index is 4.44. The molecule has 0 amide bonds. The number of hydrogen-bond acceptors (Lipinski definition) is 2. The smallest absolute Gasteiger partial charge is 0.0537 e. The molecule has 20 heavy (non-hydrogen) atoms. The van der Waals surface area contributed by atoms with Gasteiger partial charge in [-0.05, 0) is 37.4 Å². The molecule has 0 aliphatic heterocycles. The van der Waals surface area contributed by atoms with Crippen LogP contribution in [0.2, 0.25) is 0 Å². The van der Waals surface area contributed by atoms with E-state index in [0.29, 0.717) is 12.0 Å². The average Bonchev–Trinajstić information content (AvgIpc) is 2.92. The van der Waals surface area contributed by atoms with Gasteiger partial charge in [-0.15, -0.1) is 0 Å². The van der Waals surface area contributed by atoms with Crippen molar-refractivity contribution >= 4 is 0 Å². The summed E-state index contributed by atoms with van der Waals surface area (Å²) in [6.07, 6.45) is 6.55. The van der Waals surface area contributed by atoms with Crippen LogP contribution in [0.15, 0.2) is 36.7 Å². The van der Waals surface area contributed by atoms with E-state index in [1.54, 1.807) is 0 Å². The molecule has 1 aromatic heterocycles. The lowest BCUT2D eigenvalue weighted by Gasteiger charge is -2.36. The number of aryl methyl sites for hydroxylation is 1. The van der Waals surface area contributed by atoms with Gasteiger partial charge in [0.05, 0.1) is 6.20 Å². The Hall–Kier alpha value is -1.61. The monoisotopic (exact) mass is 269 g/mol. The van der Waals surface area contributed by atoms with E-state index >= 15 is 0 Å². The van der Waals surface area contributed by atoms with Crippen molar-refractivity contribution in [2.45, 2.75) is 45.2 Å². The Bertz CT molecular complexity index is 573. The molecule has 2 unspecified atom stereocenters. The van der Waals surface area contributed by atoms with Gasteiger partial charge in [0.2, 0.25) is 0 Å². The number of aromatic nitrogens is 2. The van der Waals surface area contributed by atoms with Gasteiger partial charge < -0.3 is 5.32 Å². The van der Waals surface area contributed by atoms with Crippen LogP contribution in [0.3, 0.4) is 0 Å². The molecular formula is C17H23N3. The van der Waals surface area contributed by atoms with Crippen molar-refractivity contribution in [3.63, 3.8) is 0 Å². The van der Waals surface area contributed by atoms with Crippen molar-refractivity contribution in [3.05, 3.63) is 53.3 Å². The Morgan fingerprint density at radius 1 is 1.35 bits per heavy atom. The summed E-state index contributed by atoms with van der Waals surface area (Å²) >= 11 is 0. The number of rotatable bonds is 6. The van der Waals surface area contributed by atoms with Crippen LogP contribution in [0.5, 0.6) is 0 Å². The standard InChI is InChI=1S/C17H23N3/c1-3-9-18-17(14-11-19-20(4-2)12-14)16-10-13-7-5-6-8-15(13)16/h5-8,11-12,16-18H,3-4,9-10H2,1-2H3. The lowest BCUT2D eigenvalue weighted by Crippen LogP contribution is -2.33. The molecule has 1 aromatic carbocycles. The molecule has 1 heterocycles. The molecule has 0 saturated carbocycles. The fourth-order valence-corrected chi connectivity index (χ4v) is 3.10. The fraction of sp³-hybridized carbons (Fsp3) is 0.471. The first-order valence-electron chi connectivity index (χ1n) is 7.67. The summed E-state index contributed by atoms with van der Waals surface area (Å²) in [5, 5.41) is 8.15. The first kappa shape index (κ1) is 13.4. The molecule has 106 valence electrons. The van der Waals surface area contributed by atoms with Crippen LogP contribution in [0.1, 0.15) is 48.9 Å². The molecule has 1 aliphatic carbocycles. The van der Waals surface area contributed by atoms with Gasteiger partial charge in [-0.2, -0.15) is 5.10 Å². The van der Waals surface area contributed by atoms with Crippen LogP contribution < -0.4 is 5.32 Å². The first-order chi connectivity index (χ1) is 9.83. The zero-order valence-electron chi connectivity index (χ0n) is 12.3. The second-order valence-corrected chi connectivity index (χ2v) is 5.57. The summed E-state index contributed by atoms with van der Waals surface area (Å²) < 4.78 is 2.01. The summed E-state index contributed by atoms with van der Waals surface area (Å²) in [5.74, 6) is 0.590. The number of nitrogens with one attached hydrogen (secondary N) is 1. The molecule has 0 fully saturated rings. The van der Waals surface area contributed by atoms with E-state index in [1.165, 1.54) is 23.1 Å². The minimum absolute atomic E-state index is 0.394. The van der Waals surface area contributed by atoms with Crippen LogP contribution in [-0.2, 0) is 13.0 Å². The third-order valence-electron chi connectivity index (χ3n) is 4.25. The van der Waals surface area contributed by atoms with Gasteiger partial charge in [-0.1, -0.05) is 31.2 Å². The van der Waals surface area contributed by atoms with Gasteiger partial charge in [-0.3, -0.25) is 4.68 Å². The molecule has 1 N–H and O–H groups in total. The van der Waals surface area contributed by atoms with Crippen LogP contribution in [0.4, 0.5) is 0 Å². The van der Waals surface area contributed by atoms with Gasteiger partial charge in [0.25, 0.3) is 0 Å². The van der Waals surface area contributed by atoms with Crippen molar-refractivity contribution in [1.82, 2.24) is 15.1 Å². The summed E-state index contributed by atoms with van der Waals surface area (Å²) in [6.45, 7) is 6.33. The van der Waals surface area contributed by atoms with Crippen LogP contribution in [0, 0.1) is 0 Å². The van der Waals surface area contributed by atoms with Crippen LogP contribution in [0.25, 0.3) is 0 Å². The van der Waals surface area contributed by atoms with Crippen molar-refractivity contribution in [3.8, 4) is 0 Å². The maximum Gasteiger partial charge on any atom is 0.0537 e. The molecule has 2 aromatic rings. The number of fused-ring (bicyclic) bond motifs is 1. The Balaban J connectivity index is 1.84.